The maximum Gasteiger partial charge on any atom is 0.253 e. The van der Waals surface area contributed by atoms with Gasteiger partial charge >= 0.3 is 0 Å². The van der Waals surface area contributed by atoms with Gasteiger partial charge in [-0.25, -0.2) is 9.99 Å². The zero-order valence-electron chi connectivity index (χ0n) is 18.2. The van der Waals surface area contributed by atoms with Crippen LogP contribution in [0.15, 0.2) is 50.6 Å². The first kappa shape index (κ1) is 21.5. The van der Waals surface area contributed by atoms with E-state index in [4.69, 9.17) is 19.2 Å². The molecule has 0 spiro atoms. The van der Waals surface area contributed by atoms with E-state index < -0.39 is 0 Å². The van der Waals surface area contributed by atoms with Crippen LogP contribution in [0.5, 0.6) is 0 Å². The molecule has 2 aliphatic heterocycles. The summed E-state index contributed by atoms with van der Waals surface area (Å²) in [6.07, 6.45) is 4.68. The maximum absolute atomic E-state index is 13.3. The molecule has 0 aromatic carbocycles. The highest BCUT2D eigenvalue weighted by molar-refractivity contribution is 7.99. The second-order valence-corrected chi connectivity index (χ2v) is 9.99. The molecule has 3 aromatic heterocycles. The second kappa shape index (κ2) is 9.25. The van der Waals surface area contributed by atoms with Gasteiger partial charge in [0.05, 0.1) is 40.9 Å². The van der Waals surface area contributed by atoms with Crippen LogP contribution in [0.3, 0.4) is 0 Å². The van der Waals surface area contributed by atoms with Crippen LogP contribution in [-0.4, -0.2) is 44.6 Å². The Labute approximate surface area is 195 Å². The summed E-state index contributed by atoms with van der Waals surface area (Å²) in [6, 6.07) is 7.59. The minimum atomic E-state index is -0.217. The number of hydrogen-bond donors (Lipinski definition) is 0. The minimum absolute atomic E-state index is 0.0510. The van der Waals surface area contributed by atoms with Gasteiger partial charge in [-0.3, -0.25) is 4.79 Å². The number of amides is 1. The number of carbonyl (C=O) groups excluding carboxylic acids is 1. The number of imidazole rings is 1. The lowest BCUT2D eigenvalue weighted by molar-refractivity contribution is -0.130. The van der Waals surface area contributed by atoms with Crippen molar-refractivity contribution in [3.63, 3.8) is 0 Å². The molecule has 9 heteroatoms. The second-order valence-electron chi connectivity index (χ2n) is 8.10. The Balaban J connectivity index is 1.33. The monoisotopic (exact) mass is 470 g/mol. The zero-order chi connectivity index (χ0) is 22.1. The summed E-state index contributed by atoms with van der Waals surface area (Å²) >= 11 is 3.10. The van der Waals surface area contributed by atoms with E-state index in [0.29, 0.717) is 6.42 Å². The number of nitrogens with zero attached hydrogens (tertiary/aromatic N) is 4. The number of ether oxygens (including phenoxy) is 1. The Bertz CT molecular complexity index is 1100. The molecular formula is C23H26N4O3S2. The van der Waals surface area contributed by atoms with Crippen LogP contribution in [-0.2, 0) is 16.1 Å². The van der Waals surface area contributed by atoms with Crippen molar-refractivity contribution < 1.29 is 13.9 Å². The molecule has 3 aromatic rings. The summed E-state index contributed by atoms with van der Waals surface area (Å²) in [4.78, 5) is 19.1. The van der Waals surface area contributed by atoms with Gasteiger partial charge in [0.2, 0.25) is 0 Å². The number of carbonyl (C=O) groups is 1. The first-order valence-corrected chi connectivity index (χ1v) is 12.7. The van der Waals surface area contributed by atoms with Gasteiger partial charge in [0.1, 0.15) is 11.8 Å². The highest BCUT2D eigenvalue weighted by atomic mass is 32.2. The number of thiophene rings is 1. The van der Waals surface area contributed by atoms with E-state index in [-0.39, 0.29) is 23.8 Å². The van der Waals surface area contributed by atoms with Crippen LogP contribution in [0.25, 0.3) is 0 Å². The molecule has 0 N–H and O–H groups in total. The quantitative estimate of drug-likeness (QED) is 0.464. The van der Waals surface area contributed by atoms with Gasteiger partial charge in [0, 0.05) is 18.7 Å². The van der Waals surface area contributed by atoms with Crippen LogP contribution >= 0.6 is 23.1 Å². The number of hydrazone groups is 1. The molecule has 1 fully saturated rings. The van der Waals surface area contributed by atoms with Crippen molar-refractivity contribution in [2.24, 2.45) is 5.10 Å². The zero-order valence-corrected chi connectivity index (χ0v) is 19.8. The van der Waals surface area contributed by atoms with Crippen LogP contribution in [0.2, 0.25) is 0 Å². The number of furan rings is 1. The SMILES string of the molecule is Cc1nc(SCC(=O)N2N=C(c3cccs3)C[C@@H]2c2ccco2)n(C[C@@H]2CCCO2)c1C. The molecule has 5 heterocycles. The average molecular weight is 471 g/mol. The van der Waals surface area contributed by atoms with E-state index in [1.54, 1.807) is 22.6 Å². The van der Waals surface area contributed by atoms with E-state index in [1.165, 1.54) is 11.8 Å². The third kappa shape index (κ3) is 4.29. The molecule has 0 saturated carbocycles. The van der Waals surface area contributed by atoms with E-state index in [0.717, 1.165) is 58.9 Å². The van der Waals surface area contributed by atoms with Crippen LogP contribution in [0.1, 0.15) is 47.3 Å². The topological polar surface area (TPSA) is 72.9 Å². The van der Waals surface area contributed by atoms with Gasteiger partial charge in [-0.2, -0.15) is 5.10 Å². The van der Waals surface area contributed by atoms with Crippen molar-refractivity contribution in [3.8, 4) is 0 Å². The molecule has 1 amide bonds. The molecule has 1 saturated heterocycles. The van der Waals surface area contributed by atoms with Crippen LogP contribution in [0.4, 0.5) is 0 Å². The van der Waals surface area contributed by atoms with Crippen molar-refractivity contribution in [1.82, 2.24) is 14.6 Å². The first-order valence-electron chi connectivity index (χ1n) is 10.8. The normalized spacial score (nSPS) is 20.8. The molecule has 0 unspecified atom stereocenters. The third-order valence-electron chi connectivity index (χ3n) is 6.00. The van der Waals surface area contributed by atoms with Crippen molar-refractivity contribution in [2.75, 3.05) is 12.4 Å². The fraction of sp³-hybridized carbons (Fsp3) is 0.435. The Kier molecular flexibility index (Phi) is 6.21. The molecule has 0 aliphatic carbocycles. The number of aryl methyl sites for hydroxylation is 1. The van der Waals surface area contributed by atoms with Gasteiger partial charge < -0.3 is 13.7 Å². The van der Waals surface area contributed by atoms with E-state index in [9.17, 15) is 4.79 Å². The van der Waals surface area contributed by atoms with Gasteiger partial charge in [-0.05, 0) is 50.3 Å². The van der Waals surface area contributed by atoms with Crippen molar-refractivity contribution >= 4 is 34.7 Å². The van der Waals surface area contributed by atoms with E-state index in [2.05, 4.69) is 11.5 Å². The Hall–Kier alpha value is -2.36. The molecule has 0 radical (unpaired) electrons. The van der Waals surface area contributed by atoms with Gasteiger partial charge in [-0.15, -0.1) is 11.3 Å². The average Bonchev–Trinajstić information content (AvgIpc) is 3.59. The molecule has 32 heavy (non-hydrogen) atoms. The summed E-state index contributed by atoms with van der Waals surface area (Å²) < 4.78 is 13.7. The smallest absolute Gasteiger partial charge is 0.253 e. The summed E-state index contributed by atoms with van der Waals surface area (Å²) in [7, 11) is 0. The van der Waals surface area contributed by atoms with Gasteiger partial charge in [-0.1, -0.05) is 17.8 Å². The van der Waals surface area contributed by atoms with Crippen molar-refractivity contribution in [1.29, 1.82) is 0 Å². The fourth-order valence-electron chi connectivity index (χ4n) is 4.17. The minimum Gasteiger partial charge on any atom is -0.467 e. The molecule has 2 aliphatic rings. The van der Waals surface area contributed by atoms with Gasteiger partial charge in [0.25, 0.3) is 5.91 Å². The van der Waals surface area contributed by atoms with E-state index >= 15 is 0 Å². The Morgan fingerprint density at radius 2 is 2.22 bits per heavy atom. The molecule has 7 nitrogen and oxygen atoms in total. The third-order valence-corrected chi connectivity index (χ3v) is 7.88. The highest BCUT2D eigenvalue weighted by Gasteiger charge is 2.35. The van der Waals surface area contributed by atoms with Crippen molar-refractivity contribution in [2.45, 2.75) is 57.0 Å². The summed E-state index contributed by atoms with van der Waals surface area (Å²) in [5.41, 5.74) is 3.04. The summed E-state index contributed by atoms with van der Waals surface area (Å²) in [5, 5.41) is 9.18. The lowest BCUT2D eigenvalue weighted by atomic mass is 10.1. The number of hydrogen-bond acceptors (Lipinski definition) is 7. The van der Waals surface area contributed by atoms with Crippen LogP contribution in [0, 0.1) is 13.8 Å². The van der Waals surface area contributed by atoms with Crippen LogP contribution < -0.4 is 0 Å². The predicted molar refractivity (Wildman–Crippen MR) is 125 cm³/mol. The molecule has 2 atom stereocenters. The Morgan fingerprint density at radius 3 is 2.94 bits per heavy atom. The fourth-order valence-corrected chi connectivity index (χ4v) is 5.84. The molecule has 168 valence electrons. The number of aromatic nitrogens is 2. The predicted octanol–water partition coefficient (Wildman–Crippen LogP) is 4.80. The van der Waals surface area contributed by atoms with Crippen molar-refractivity contribution in [3.05, 3.63) is 57.9 Å². The maximum atomic E-state index is 13.3. The lowest BCUT2D eigenvalue weighted by Gasteiger charge is -2.20. The highest BCUT2D eigenvalue weighted by Crippen LogP contribution is 2.35. The largest absolute Gasteiger partial charge is 0.467 e. The number of thioether (sulfide) groups is 1. The molecular weight excluding hydrogens is 444 g/mol. The lowest BCUT2D eigenvalue weighted by Crippen LogP contribution is -2.28. The summed E-state index contributed by atoms with van der Waals surface area (Å²) in [6.45, 7) is 5.70. The molecule has 0 bridgehead atoms. The Morgan fingerprint density at radius 1 is 1.31 bits per heavy atom. The number of rotatable bonds is 7. The van der Waals surface area contributed by atoms with Gasteiger partial charge in [0.15, 0.2) is 5.16 Å². The summed E-state index contributed by atoms with van der Waals surface area (Å²) in [5.74, 6) is 0.968. The first-order chi connectivity index (χ1) is 15.6. The molecule has 5 rings (SSSR count). The standard InChI is InChI=1S/C23H26N4O3S2/c1-15-16(2)26(13-17-6-3-9-29-17)23(24-15)32-14-22(28)27-19(20-7-4-10-30-20)12-18(25-27)21-8-5-11-31-21/h4-5,7-8,10-11,17,19H,3,6,9,12-14H2,1-2H3/t17-,19+/m0/s1. The van der Waals surface area contributed by atoms with E-state index in [1.807, 2.05) is 36.6 Å².